The zero-order valence-corrected chi connectivity index (χ0v) is 20.5. The number of aliphatic carboxylic acids is 1. The monoisotopic (exact) mass is 539 g/mol. The van der Waals surface area contributed by atoms with Crippen molar-refractivity contribution in [3.8, 4) is 0 Å². The second-order valence-corrected chi connectivity index (χ2v) is 7.18. The molecule has 3 aromatic rings. The third-order valence-corrected chi connectivity index (χ3v) is 4.00. The van der Waals surface area contributed by atoms with E-state index in [-0.39, 0.29) is 26.3 Å². The molecule has 33 heavy (non-hydrogen) atoms. The summed E-state index contributed by atoms with van der Waals surface area (Å²) < 4.78 is 0. The van der Waals surface area contributed by atoms with Crippen molar-refractivity contribution in [3.63, 3.8) is 0 Å². The van der Waals surface area contributed by atoms with Crippen LogP contribution in [0.1, 0.15) is 23.6 Å². The molecule has 0 saturated heterocycles. The Labute approximate surface area is 209 Å². The van der Waals surface area contributed by atoms with Gasteiger partial charge in [-0.1, -0.05) is 36.4 Å². The van der Waals surface area contributed by atoms with Crippen LogP contribution in [-0.2, 0) is 47.8 Å². The molecule has 0 saturated carbocycles. The van der Waals surface area contributed by atoms with E-state index in [0.29, 0.717) is 12.0 Å². The Morgan fingerprint density at radius 2 is 1.67 bits per heavy atom. The van der Waals surface area contributed by atoms with Gasteiger partial charge >= 0.3 is 5.97 Å². The Morgan fingerprint density at radius 3 is 2.06 bits per heavy atom. The second-order valence-electron chi connectivity index (χ2n) is 7.18. The molecule has 0 bridgehead atoms. The maximum Gasteiger partial charge on any atom is 0.326 e. The molecule has 3 rings (SSSR count). The van der Waals surface area contributed by atoms with Crippen LogP contribution in [0.5, 0.6) is 0 Å². The maximum atomic E-state index is 10.8. The van der Waals surface area contributed by atoms with Gasteiger partial charge in [-0.2, -0.15) is 17.7 Å². The van der Waals surface area contributed by atoms with Gasteiger partial charge < -0.3 is 44.4 Å². The Balaban J connectivity index is 0.000000489. The molecule has 0 heterocycles. The molecule has 0 aliphatic heterocycles. The third kappa shape index (κ3) is 14.7. The summed E-state index contributed by atoms with van der Waals surface area (Å²) in [6.45, 7) is 2.30. The molecule has 1 amide bonds. The molecule has 0 unspecified atom stereocenters. The first kappa shape index (κ1) is 30.0. The van der Waals surface area contributed by atoms with E-state index in [1.165, 1.54) is 12.5 Å². The Bertz CT molecular complexity index is 914. The van der Waals surface area contributed by atoms with Crippen LogP contribution in [0.4, 0.5) is 0 Å². The van der Waals surface area contributed by atoms with Crippen LogP contribution < -0.4 is 5.32 Å². The molecule has 0 aliphatic carbocycles. The first-order chi connectivity index (χ1) is 15.3. The number of carboxylic acids is 1. The Kier molecular flexibility index (Phi) is 16.0. The van der Waals surface area contributed by atoms with Crippen LogP contribution in [0, 0.1) is 6.07 Å². The summed E-state index contributed by atoms with van der Waals surface area (Å²) >= 11 is 0. The number of carbonyl (C=O) groups excluding carboxylic acids is 2. The zero-order valence-electron chi connectivity index (χ0n) is 18.9. The minimum atomic E-state index is -1.02. The first-order valence-electron chi connectivity index (χ1n) is 10.1. The molecule has 7 heteroatoms. The molecule has 180 valence electrons. The van der Waals surface area contributed by atoms with Crippen molar-refractivity contribution in [2.45, 2.75) is 25.9 Å². The van der Waals surface area contributed by atoms with E-state index in [9.17, 15) is 14.4 Å². The van der Waals surface area contributed by atoms with Crippen LogP contribution in [0.2, 0.25) is 0 Å². The first-order valence-corrected chi connectivity index (χ1v) is 10.1. The molecule has 1 atom stereocenters. The number of amides is 1. The van der Waals surface area contributed by atoms with Gasteiger partial charge in [0.15, 0.2) is 0 Å². The number of hydrogen-bond acceptors (Lipinski definition) is 4. The number of nitrogens with one attached hydrogen (secondary N) is 1. The number of nitrogens with zero attached hydrogens (tertiary/aromatic N) is 1. The van der Waals surface area contributed by atoms with Gasteiger partial charge in [0.25, 0.3) is 0 Å². The van der Waals surface area contributed by atoms with E-state index < -0.39 is 12.0 Å². The molecule has 0 aromatic heterocycles. The van der Waals surface area contributed by atoms with Crippen molar-refractivity contribution >= 4 is 18.2 Å². The minimum Gasteiger partial charge on any atom is -0.480 e. The summed E-state index contributed by atoms with van der Waals surface area (Å²) in [7, 11) is 4.11. The van der Waals surface area contributed by atoms with Gasteiger partial charge in [0, 0.05) is 33.8 Å². The van der Waals surface area contributed by atoms with E-state index in [0.717, 1.165) is 12.1 Å². The van der Waals surface area contributed by atoms with Crippen molar-refractivity contribution in [1.29, 1.82) is 0 Å². The fourth-order valence-electron chi connectivity index (χ4n) is 2.61. The summed E-state index contributed by atoms with van der Waals surface area (Å²) in [5, 5.41) is 11.3. The molecular formula is C26H29N2O4Pd-3. The van der Waals surface area contributed by atoms with E-state index >= 15 is 0 Å². The van der Waals surface area contributed by atoms with Gasteiger partial charge in [-0.15, -0.1) is 12.1 Å². The van der Waals surface area contributed by atoms with Crippen molar-refractivity contribution in [3.05, 3.63) is 102 Å². The molecule has 0 radical (unpaired) electrons. The number of rotatable bonds is 7. The Morgan fingerprint density at radius 1 is 1.09 bits per heavy atom. The van der Waals surface area contributed by atoms with Crippen molar-refractivity contribution in [1.82, 2.24) is 10.2 Å². The molecule has 0 fully saturated rings. The smallest absolute Gasteiger partial charge is 0.326 e. The molecule has 6 nitrogen and oxygen atoms in total. The van der Waals surface area contributed by atoms with E-state index in [4.69, 9.17) is 5.11 Å². The quantitative estimate of drug-likeness (QED) is 0.356. The number of carboxylic acid groups (broad SMARTS) is 1. The third-order valence-electron chi connectivity index (χ3n) is 4.00. The van der Waals surface area contributed by atoms with Gasteiger partial charge in [-0.05, 0) is 26.2 Å². The minimum absolute atomic E-state index is 0. The number of benzene rings is 2. The van der Waals surface area contributed by atoms with Gasteiger partial charge in [0.05, 0.1) is 6.29 Å². The van der Waals surface area contributed by atoms with Crippen molar-refractivity contribution in [2.24, 2.45) is 0 Å². The Hall–Kier alpha value is -2.98. The molecule has 0 spiro atoms. The van der Waals surface area contributed by atoms with Crippen LogP contribution in [0.15, 0.2) is 78.9 Å². The molecule has 3 aromatic carbocycles. The van der Waals surface area contributed by atoms with E-state index in [1.54, 1.807) is 30.6 Å². The van der Waals surface area contributed by atoms with Gasteiger partial charge in [0.1, 0.15) is 6.04 Å². The summed E-state index contributed by atoms with van der Waals surface area (Å²) in [5.41, 5.74) is 2.76. The molecular weight excluding hydrogens is 511 g/mol. The molecule has 0 aliphatic rings. The fourth-order valence-corrected chi connectivity index (χ4v) is 2.61. The normalized spacial score (nSPS) is 10.3. The topological polar surface area (TPSA) is 86.7 Å². The van der Waals surface area contributed by atoms with Crippen LogP contribution in [-0.4, -0.2) is 48.3 Å². The summed E-state index contributed by atoms with van der Waals surface area (Å²) in [4.78, 5) is 33.6. The molecule has 2 N–H and O–H groups in total. The summed E-state index contributed by atoms with van der Waals surface area (Å²) in [6, 6.07) is 26.4. The van der Waals surface area contributed by atoms with Gasteiger partial charge in [-0.3, -0.25) is 10.4 Å². The number of carbonyl (C=O) groups is 2. The van der Waals surface area contributed by atoms with Crippen molar-refractivity contribution in [2.75, 3.05) is 14.1 Å². The average molecular weight is 540 g/mol. The average Bonchev–Trinajstić information content (AvgIpc) is 3.27. The second kappa shape index (κ2) is 17.6. The predicted molar refractivity (Wildman–Crippen MR) is 125 cm³/mol. The number of hydrogen-bond donors (Lipinski definition) is 2. The largest absolute Gasteiger partial charge is 0.480 e. The van der Waals surface area contributed by atoms with Crippen molar-refractivity contribution < 1.29 is 39.9 Å². The van der Waals surface area contributed by atoms with Crippen LogP contribution >= 0.6 is 0 Å². The van der Waals surface area contributed by atoms with Gasteiger partial charge in [0.2, 0.25) is 5.91 Å². The van der Waals surface area contributed by atoms with Gasteiger partial charge in [-0.25, -0.2) is 4.79 Å². The van der Waals surface area contributed by atoms with E-state index in [1.807, 2.05) is 48.5 Å². The van der Waals surface area contributed by atoms with Crippen LogP contribution in [0.3, 0.4) is 0 Å². The van der Waals surface area contributed by atoms with E-state index in [2.05, 4.69) is 36.4 Å². The standard InChI is InChI=1S/C11H13NO3.C8H11N.C7H5O.Pd/c1-8(13)12-10(11(14)15)7-9-5-3-2-4-6-9;1-9(2)7-8-5-3-4-6-8;8-6-7-4-2-1-3-5-7;/h2-6,10H,7H2,1H3,(H,12,13)(H,14,15);3-5H,7H2,1-2H3;1-5H;/q;-2;-1;/t10-;;;/m0.../s1. The fraction of sp³-hybridized carbons (Fsp3) is 0.231. The summed E-state index contributed by atoms with van der Waals surface area (Å²) in [6.07, 6.45) is 2.08. The van der Waals surface area contributed by atoms with Crippen LogP contribution in [0.25, 0.3) is 0 Å². The SMILES string of the molecule is CC(=O)N[C@@H](Cc1ccccc1)C(=O)O.CN(C)Cc1[c-]cc[cH-]1.O=[C-]c1ccccc1.[Pd]. The summed E-state index contributed by atoms with van der Waals surface area (Å²) in [5.74, 6) is -1.35. The predicted octanol–water partition coefficient (Wildman–Crippen LogP) is 3.23. The maximum absolute atomic E-state index is 10.8. The zero-order chi connectivity index (χ0) is 23.8.